The first-order valence-corrected chi connectivity index (χ1v) is 8.39. The molecule has 0 unspecified atom stereocenters. The Hall–Kier alpha value is -2.24. The van der Waals surface area contributed by atoms with Crippen molar-refractivity contribution in [2.24, 2.45) is 5.41 Å². The van der Waals surface area contributed by atoms with Gasteiger partial charge in [0.1, 0.15) is 5.41 Å². The van der Waals surface area contributed by atoms with E-state index < -0.39 is 5.41 Å². The first-order chi connectivity index (χ1) is 11.6. The van der Waals surface area contributed by atoms with Crippen LogP contribution in [-0.4, -0.2) is 38.6 Å². The summed E-state index contributed by atoms with van der Waals surface area (Å²) in [5.74, 6) is 1.09. The van der Waals surface area contributed by atoms with Crippen molar-refractivity contribution in [1.82, 2.24) is 10.6 Å². The fourth-order valence-electron chi connectivity index (χ4n) is 2.76. The quantitative estimate of drug-likeness (QED) is 0.706. The zero-order chi connectivity index (χ0) is 17.2. The third-order valence-electron chi connectivity index (χ3n) is 4.68. The Morgan fingerprint density at radius 2 is 1.83 bits per heavy atom. The normalized spacial score (nSPS) is 17.8. The van der Waals surface area contributed by atoms with Crippen LogP contribution in [0.5, 0.6) is 11.5 Å². The van der Waals surface area contributed by atoms with Gasteiger partial charge >= 0.3 is 0 Å². The number of methoxy groups -OCH3 is 2. The zero-order valence-electron chi connectivity index (χ0n) is 14.2. The monoisotopic (exact) mass is 332 g/mol. The molecule has 2 saturated carbocycles. The van der Waals surface area contributed by atoms with Gasteiger partial charge < -0.3 is 20.1 Å². The maximum Gasteiger partial charge on any atom is 0.235 e. The first kappa shape index (κ1) is 16.6. The summed E-state index contributed by atoms with van der Waals surface area (Å²) in [6.07, 6.45) is 4.03. The molecular formula is C18H24N2O4. The van der Waals surface area contributed by atoms with Gasteiger partial charge in [0.15, 0.2) is 11.5 Å². The molecule has 0 aliphatic heterocycles. The molecule has 0 bridgehead atoms. The third-order valence-corrected chi connectivity index (χ3v) is 4.68. The van der Waals surface area contributed by atoms with E-state index in [1.807, 2.05) is 18.2 Å². The standard InChI is InChI=1S/C18H24N2O4/c1-23-14-6-3-12(11-15(14)24-2)7-10-19-16(21)18(8-9-18)17(22)20-13-4-5-13/h3,6,11,13H,4-5,7-10H2,1-2H3,(H,19,21)(H,20,22). The van der Waals surface area contributed by atoms with Crippen LogP contribution < -0.4 is 20.1 Å². The van der Waals surface area contributed by atoms with E-state index in [1.54, 1.807) is 14.2 Å². The van der Waals surface area contributed by atoms with Gasteiger partial charge in [-0.05, 0) is 49.8 Å². The van der Waals surface area contributed by atoms with E-state index in [0.717, 1.165) is 18.4 Å². The molecule has 0 aromatic heterocycles. The number of carbonyl (C=O) groups excluding carboxylic acids is 2. The van der Waals surface area contributed by atoms with Gasteiger partial charge in [-0.25, -0.2) is 0 Å². The molecule has 2 fully saturated rings. The van der Waals surface area contributed by atoms with Gasteiger partial charge in [0.05, 0.1) is 14.2 Å². The first-order valence-electron chi connectivity index (χ1n) is 8.39. The molecule has 0 heterocycles. The van der Waals surface area contributed by atoms with Gasteiger partial charge in [-0.15, -0.1) is 0 Å². The molecule has 2 amide bonds. The fraction of sp³-hybridized carbons (Fsp3) is 0.556. The van der Waals surface area contributed by atoms with Crippen molar-refractivity contribution in [3.05, 3.63) is 23.8 Å². The summed E-state index contributed by atoms with van der Waals surface area (Å²) in [5, 5.41) is 5.85. The number of nitrogens with one attached hydrogen (secondary N) is 2. The number of hydrogen-bond donors (Lipinski definition) is 2. The third kappa shape index (κ3) is 3.47. The number of hydrogen-bond acceptors (Lipinski definition) is 4. The maximum atomic E-state index is 12.4. The molecule has 0 spiro atoms. The highest BCUT2D eigenvalue weighted by atomic mass is 16.5. The Kier molecular flexibility index (Phi) is 4.64. The van der Waals surface area contributed by atoms with Crippen LogP contribution in [0, 0.1) is 5.41 Å². The molecular weight excluding hydrogens is 308 g/mol. The molecule has 0 saturated heterocycles. The predicted octanol–water partition coefficient (Wildman–Crippen LogP) is 1.42. The highest BCUT2D eigenvalue weighted by molar-refractivity contribution is 6.08. The maximum absolute atomic E-state index is 12.4. The minimum absolute atomic E-state index is 0.103. The molecule has 2 aliphatic carbocycles. The minimum Gasteiger partial charge on any atom is -0.493 e. The van der Waals surface area contributed by atoms with Gasteiger partial charge in [-0.3, -0.25) is 9.59 Å². The summed E-state index contributed by atoms with van der Waals surface area (Å²) >= 11 is 0. The van der Waals surface area contributed by atoms with E-state index in [2.05, 4.69) is 10.6 Å². The van der Waals surface area contributed by atoms with Crippen molar-refractivity contribution in [3.8, 4) is 11.5 Å². The van der Waals surface area contributed by atoms with Gasteiger partial charge in [-0.1, -0.05) is 6.07 Å². The number of ether oxygens (including phenoxy) is 2. The minimum atomic E-state index is -0.819. The van der Waals surface area contributed by atoms with Crippen LogP contribution in [0.4, 0.5) is 0 Å². The van der Waals surface area contributed by atoms with Crippen LogP contribution >= 0.6 is 0 Å². The Bertz CT molecular complexity index is 636. The lowest BCUT2D eigenvalue weighted by Crippen LogP contribution is -2.44. The molecule has 6 heteroatoms. The second-order valence-electron chi connectivity index (χ2n) is 6.53. The van der Waals surface area contributed by atoms with Crippen LogP contribution in [-0.2, 0) is 16.0 Å². The SMILES string of the molecule is COc1ccc(CCNC(=O)C2(C(=O)NC3CC3)CC2)cc1OC. The Balaban J connectivity index is 1.51. The number of benzene rings is 1. The van der Waals surface area contributed by atoms with Crippen LogP contribution in [0.1, 0.15) is 31.2 Å². The van der Waals surface area contributed by atoms with E-state index in [-0.39, 0.29) is 17.9 Å². The molecule has 130 valence electrons. The summed E-state index contributed by atoms with van der Waals surface area (Å²) in [6, 6.07) is 5.98. The van der Waals surface area contributed by atoms with Crippen molar-refractivity contribution in [3.63, 3.8) is 0 Å². The van der Waals surface area contributed by atoms with Crippen molar-refractivity contribution in [2.75, 3.05) is 20.8 Å². The highest BCUT2D eigenvalue weighted by Crippen LogP contribution is 2.46. The van der Waals surface area contributed by atoms with E-state index in [4.69, 9.17) is 9.47 Å². The highest BCUT2D eigenvalue weighted by Gasteiger charge is 2.57. The number of carbonyl (C=O) groups is 2. The molecule has 6 nitrogen and oxygen atoms in total. The zero-order valence-corrected chi connectivity index (χ0v) is 14.2. The van der Waals surface area contributed by atoms with Gasteiger partial charge in [0.2, 0.25) is 11.8 Å². The van der Waals surface area contributed by atoms with Crippen molar-refractivity contribution in [2.45, 2.75) is 38.1 Å². The summed E-state index contributed by atoms with van der Waals surface area (Å²) < 4.78 is 10.5. The van der Waals surface area contributed by atoms with Gasteiger partial charge in [0.25, 0.3) is 0 Å². The average molecular weight is 332 g/mol. The molecule has 2 N–H and O–H groups in total. The van der Waals surface area contributed by atoms with E-state index >= 15 is 0 Å². The smallest absolute Gasteiger partial charge is 0.235 e. The van der Waals surface area contributed by atoms with Crippen molar-refractivity contribution in [1.29, 1.82) is 0 Å². The molecule has 1 aromatic carbocycles. The lowest BCUT2D eigenvalue weighted by molar-refractivity contribution is -0.137. The molecule has 0 radical (unpaired) electrons. The van der Waals surface area contributed by atoms with E-state index in [9.17, 15) is 9.59 Å². The van der Waals surface area contributed by atoms with Crippen LogP contribution in [0.25, 0.3) is 0 Å². The Labute approximate surface area is 141 Å². The molecule has 24 heavy (non-hydrogen) atoms. The average Bonchev–Trinajstić information content (AvgIpc) is 3.48. The summed E-state index contributed by atoms with van der Waals surface area (Å²) in [5.41, 5.74) is 0.223. The van der Waals surface area contributed by atoms with Gasteiger partial charge in [-0.2, -0.15) is 0 Å². The van der Waals surface area contributed by atoms with Crippen molar-refractivity contribution < 1.29 is 19.1 Å². The van der Waals surface area contributed by atoms with Crippen LogP contribution in [0.3, 0.4) is 0 Å². The second-order valence-corrected chi connectivity index (χ2v) is 6.53. The van der Waals surface area contributed by atoms with E-state index in [0.29, 0.717) is 37.3 Å². The summed E-state index contributed by atoms with van der Waals surface area (Å²) in [7, 11) is 3.19. The molecule has 0 atom stereocenters. The summed E-state index contributed by atoms with van der Waals surface area (Å²) in [6.45, 7) is 0.493. The molecule has 1 aromatic rings. The van der Waals surface area contributed by atoms with Gasteiger partial charge in [0, 0.05) is 12.6 Å². The lowest BCUT2D eigenvalue weighted by Gasteiger charge is -2.15. The van der Waals surface area contributed by atoms with Crippen LogP contribution in [0.2, 0.25) is 0 Å². The lowest BCUT2D eigenvalue weighted by atomic mass is 10.0. The summed E-state index contributed by atoms with van der Waals surface area (Å²) in [4.78, 5) is 24.6. The Morgan fingerprint density at radius 1 is 1.12 bits per heavy atom. The topological polar surface area (TPSA) is 76.7 Å². The molecule has 2 aliphatic rings. The number of rotatable bonds is 8. The van der Waals surface area contributed by atoms with Crippen LogP contribution in [0.15, 0.2) is 18.2 Å². The largest absolute Gasteiger partial charge is 0.493 e. The van der Waals surface area contributed by atoms with E-state index in [1.165, 1.54) is 0 Å². The second kappa shape index (κ2) is 6.71. The Morgan fingerprint density at radius 3 is 2.42 bits per heavy atom. The fourth-order valence-corrected chi connectivity index (χ4v) is 2.76. The molecule has 3 rings (SSSR count). The van der Waals surface area contributed by atoms with Crippen molar-refractivity contribution >= 4 is 11.8 Å². The number of amides is 2. The predicted molar refractivity (Wildman–Crippen MR) is 89.1 cm³/mol.